The van der Waals surface area contributed by atoms with E-state index < -0.39 is 0 Å². The van der Waals surface area contributed by atoms with Crippen molar-refractivity contribution in [2.45, 2.75) is 42.4 Å². The molecule has 1 aliphatic rings. The molecule has 0 radical (unpaired) electrons. The van der Waals surface area contributed by atoms with Crippen molar-refractivity contribution in [3.63, 3.8) is 0 Å². The molecule has 1 aromatic carbocycles. The highest BCUT2D eigenvalue weighted by Gasteiger charge is 2.26. The average Bonchev–Trinajstić information content (AvgIpc) is 2.27. The van der Waals surface area contributed by atoms with Crippen LogP contribution in [0, 0.1) is 11.7 Å². The van der Waals surface area contributed by atoms with Crippen LogP contribution >= 0.6 is 11.8 Å². The fourth-order valence-electron chi connectivity index (χ4n) is 2.18. The molecule has 1 aliphatic carbocycles. The predicted molar refractivity (Wildman–Crippen MR) is 67.0 cm³/mol. The number of hydrogen-bond acceptors (Lipinski definition) is 2. The van der Waals surface area contributed by atoms with E-state index in [-0.39, 0.29) is 11.9 Å². The standard InChI is InChI=1S/C13H18FNS/c1-9-2-7-12(15)13(8-9)16-11-5-3-10(14)4-6-11/h3-6,9,12-13H,2,7-8,15H2,1H3. The Morgan fingerprint density at radius 2 is 1.94 bits per heavy atom. The molecule has 0 aromatic heterocycles. The number of halogens is 1. The highest BCUT2D eigenvalue weighted by Crippen LogP contribution is 2.35. The van der Waals surface area contributed by atoms with E-state index in [0.29, 0.717) is 5.25 Å². The molecule has 0 heterocycles. The van der Waals surface area contributed by atoms with Gasteiger partial charge >= 0.3 is 0 Å². The third-order valence-corrected chi connectivity index (χ3v) is 4.60. The molecular weight excluding hydrogens is 221 g/mol. The molecule has 3 heteroatoms. The zero-order chi connectivity index (χ0) is 11.5. The van der Waals surface area contributed by atoms with Crippen molar-refractivity contribution in [2.24, 2.45) is 11.7 Å². The Hall–Kier alpha value is -0.540. The Morgan fingerprint density at radius 1 is 1.25 bits per heavy atom. The Kier molecular flexibility index (Phi) is 3.87. The van der Waals surface area contributed by atoms with E-state index in [4.69, 9.17) is 5.73 Å². The second kappa shape index (κ2) is 5.19. The van der Waals surface area contributed by atoms with Gasteiger partial charge in [0.2, 0.25) is 0 Å². The summed E-state index contributed by atoms with van der Waals surface area (Å²) in [5, 5.41) is 0.481. The molecule has 1 aromatic rings. The minimum atomic E-state index is -0.175. The topological polar surface area (TPSA) is 26.0 Å². The molecule has 3 unspecified atom stereocenters. The van der Waals surface area contributed by atoms with E-state index >= 15 is 0 Å². The summed E-state index contributed by atoms with van der Waals surface area (Å²) in [6, 6.07) is 6.99. The first-order chi connectivity index (χ1) is 7.65. The molecule has 88 valence electrons. The smallest absolute Gasteiger partial charge is 0.123 e. The van der Waals surface area contributed by atoms with Crippen molar-refractivity contribution in [2.75, 3.05) is 0 Å². The Bertz CT molecular complexity index is 338. The van der Waals surface area contributed by atoms with Crippen molar-refractivity contribution < 1.29 is 4.39 Å². The maximum absolute atomic E-state index is 12.8. The number of thioether (sulfide) groups is 1. The number of rotatable bonds is 2. The number of benzene rings is 1. The Labute approximate surface area is 101 Å². The monoisotopic (exact) mass is 239 g/mol. The lowest BCUT2D eigenvalue weighted by molar-refractivity contribution is 0.357. The third kappa shape index (κ3) is 2.98. The fourth-order valence-corrected chi connectivity index (χ4v) is 3.55. The largest absolute Gasteiger partial charge is 0.327 e. The summed E-state index contributed by atoms with van der Waals surface area (Å²) >= 11 is 1.79. The van der Waals surface area contributed by atoms with Crippen molar-refractivity contribution in [3.8, 4) is 0 Å². The van der Waals surface area contributed by atoms with E-state index in [9.17, 15) is 4.39 Å². The number of nitrogens with two attached hydrogens (primary N) is 1. The SMILES string of the molecule is CC1CCC(N)C(Sc2ccc(F)cc2)C1. The molecule has 0 spiro atoms. The van der Waals surface area contributed by atoms with E-state index in [1.807, 2.05) is 12.1 Å². The average molecular weight is 239 g/mol. The Balaban J connectivity index is 2.00. The van der Waals surface area contributed by atoms with E-state index in [1.54, 1.807) is 11.8 Å². The summed E-state index contributed by atoms with van der Waals surface area (Å²) in [6.45, 7) is 2.28. The molecule has 1 saturated carbocycles. The minimum Gasteiger partial charge on any atom is -0.327 e. The molecular formula is C13H18FNS. The van der Waals surface area contributed by atoms with Crippen LogP contribution in [0.25, 0.3) is 0 Å². The van der Waals surface area contributed by atoms with Crippen LogP contribution in [0.1, 0.15) is 26.2 Å². The summed E-state index contributed by atoms with van der Waals surface area (Å²) < 4.78 is 12.8. The summed E-state index contributed by atoms with van der Waals surface area (Å²) in [5.74, 6) is 0.586. The maximum atomic E-state index is 12.8. The van der Waals surface area contributed by atoms with Crippen LogP contribution in [0.2, 0.25) is 0 Å². The molecule has 3 atom stereocenters. The van der Waals surface area contributed by atoms with Crippen LogP contribution in [0.5, 0.6) is 0 Å². The summed E-state index contributed by atoms with van der Waals surface area (Å²) in [6.07, 6.45) is 3.52. The van der Waals surface area contributed by atoms with Gasteiger partial charge < -0.3 is 5.73 Å². The van der Waals surface area contributed by atoms with Gasteiger partial charge in [-0.05, 0) is 49.4 Å². The zero-order valence-electron chi connectivity index (χ0n) is 9.53. The lowest BCUT2D eigenvalue weighted by Crippen LogP contribution is -2.37. The van der Waals surface area contributed by atoms with Crippen molar-refractivity contribution in [1.82, 2.24) is 0 Å². The molecule has 0 aliphatic heterocycles. The minimum absolute atomic E-state index is 0.175. The van der Waals surface area contributed by atoms with Crippen LogP contribution in [0.15, 0.2) is 29.2 Å². The van der Waals surface area contributed by atoms with Gasteiger partial charge in [-0.2, -0.15) is 0 Å². The first-order valence-corrected chi connectivity index (χ1v) is 6.71. The molecule has 0 bridgehead atoms. The lowest BCUT2D eigenvalue weighted by Gasteiger charge is -2.32. The van der Waals surface area contributed by atoms with Gasteiger partial charge in [-0.1, -0.05) is 6.92 Å². The fraction of sp³-hybridized carbons (Fsp3) is 0.538. The molecule has 0 saturated heterocycles. The normalized spacial score (nSPS) is 30.3. The molecule has 16 heavy (non-hydrogen) atoms. The molecule has 2 N–H and O–H groups in total. The molecule has 1 nitrogen and oxygen atoms in total. The van der Waals surface area contributed by atoms with Crippen LogP contribution in [-0.2, 0) is 0 Å². The van der Waals surface area contributed by atoms with Crippen LogP contribution < -0.4 is 5.73 Å². The van der Waals surface area contributed by atoms with Gasteiger partial charge in [0.05, 0.1) is 0 Å². The maximum Gasteiger partial charge on any atom is 0.123 e. The van der Waals surface area contributed by atoms with Gasteiger partial charge in [0.1, 0.15) is 5.82 Å². The van der Waals surface area contributed by atoms with Crippen LogP contribution in [0.4, 0.5) is 4.39 Å². The van der Waals surface area contributed by atoms with Gasteiger partial charge in [-0.3, -0.25) is 0 Å². The predicted octanol–water partition coefficient (Wildman–Crippen LogP) is 3.43. The summed E-state index contributed by atoms with van der Waals surface area (Å²) in [7, 11) is 0. The zero-order valence-corrected chi connectivity index (χ0v) is 10.3. The first-order valence-electron chi connectivity index (χ1n) is 5.83. The van der Waals surface area contributed by atoms with Gasteiger partial charge in [0.15, 0.2) is 0 Å². The van der Waals surface area contributed by atoms with Crippen LogP contribution in [-0.4, -0.2) is 11.3 Å². The molecule has 1 fully saturated rings. The van der Waals surface area contributed by atoms with Crippen LogP contribution in [0.3, 0.4) is 0 Å². The first kappa shape index (κ1) is 11.9. The van der Waals surface area contributed by atoms with Gasteiger partial charge in [-0.25, -0.2) is 4.39 Å². The highest BCUT2D eigenvalue weighted by molar-refractivity contribution is 8.00. The van der Waals surface area contributed by atoms with Crippen molar-refractivity contribution >= 4 is 11.8 Å². The highest BCUT2D eigenvalue weighted by atomic mass is 32.2. The second-order valence-electron chi connectivity index (χ2n) is 4.69. The molecule has 2 rings (SSSR count). The van der Waals surface area contributed by atoms with Gasteiger partial charge in [-0.15, -0.1) is 11.8 Å². The van der Waals surface area contributed by atoms with Crippen molar-refractivity contribution in [1.29, 1.82) is 0 Å². The van der Waals surface area contributed by atoms with Gasteiger partial charge in [0, 0.05) is 16.2 Å². The number of hydrogen-bond donors (Lipinski definition) is 1. The quantitative estimate of drug-likeness (QED) is 0.855. The summed E-state index contributed by atoms with van der Waals surface area (Å²) in [5.41, 5.74) is 6.12. The van der Waals surface area contributed by atoms with E-state index in [1.165, 1.54) is 25.0 Å². The van der Waals surface area contributed by atoms with E-state index in [0.717, 1.165) is 17.2 Å². The third-order valence-electron chi connectivity index (χ3n) is 3.21. The lowest BCUT2D eigenvalue weighted by atomic mass is 9.87. The van der Waals surface area contributed by atoms with Crippen molar-refractivity contribution in [3.05, 3.63) is 30.1 Å². The summed E-state index contributed by atoms with van der Waals surface area (Å²) in [4.78, 5) is 1.12. The van der Waals surface area contributed by atoms with Gasteiger partial charge in [0.25, 0.3) is 0 Å². The molecule has 0 amide bonds. The van der Waals surface area contributed by atoms with E-state index in [2.05, 4.69) is 6.92 Å². The second-order valence-corrected chi connectivity index (χ2v) is 6.00. The Morgan fingerprint density at radius 3 is 2.62 bits per heavy atom.